The molecule has 0 radical (unpaired) electrons. The van der Waals surface area contributed by atoms with Crippen molar-refractivity contribution in [3.63, 3.8) is 0 Å². The van der Waals surface area contributed by atoms with Gasteiger partial charge in [-0.25, -0.2) is 0 Å². The van der Waals surface area contributed by atoms with E-state index in [1.54, 1.807) is 7.11 Å². The predicted octanol–water partition coefficient (Wildman–Crippen LogP) is 2.71. The lowest BCUT2D eigenvalue weighted by atomic mass is 9.99. The number of hydrogen-bond acceptors (Lipinski definition) is 3. The first-order valence-corrected chi connectivity index (χ1v) is 7.37. The fraction of sp³-hybridized carbons (Fsp3) is 0.625. The third-order valence-corrected chi connectivity index (χ3v) is 3.86. The Balaban J connectivity index is 1.71. The number of rotatable bonds is 6. The van der Waals surface area contributed by atoms with Gasteiger partial charge in [0.05, 0.1) is 7.11 Å². The Morgan fingerprint density at radius 2 is 2.11 bits per heavy atom. The molecular weight excluding hydrogens is 236 g/mol. The maximum Gasteiger partial charge on any atom is 0.118 e. The van der Waals surface area contributed by atoms with E-state index in [1.165, 1.54) is 37.8 Å². The Kier molecular flexibility index (Phi) is 5.67. The van der Waals surface area contributed by atoms with Gasteiger partial charge < -0.3 is 15.4 Å². The molecule has 2 rings (SSSR count). The van der Waals surface area contributed by atoms with E-state index in [0.717, 1.165) is 12.3 Å². The summed E-state index contributed by atoms with van der Waals surface area (Å²) in [4.78, 5) is 0. The number of ether oxygens (including phenoxy) is 1. The molecule has 1 heterocycles. The van der Waals surface area contributed by atoms with Crippen LogP contribution in [0, 0.1) is 0 Å². The summed E-state index contributed by atoms with van der Waals surface area (Å²) in [5.41, 5.74) is 1.31. The van der Waals surface area contributed by atoms with Gasteiger partial charge in [-0.2, -0.15) is 0 Å². The normalized spacial score (nSPS) is 21.1. The SMILES string of the molecule is COc1ccc(CNC(C)CC2CCCCN2)cc1. The Bertz CT molecular complexity index is 358. The molecule has 106 valence electrons. The van der Waals surface area contributed by atoms with Gasteiger partial charge in [0.15, 0.2) is 0 Å². The summed E-state index contributed by atoms with van der Waals surface area (Å²) in [7, 11) is 1.70. The van der Waals surface area contributed by atoms with Crippen molar-refractivity contribution in [1.82, 2.24) is 10.6 Å². The molecule has 3 nitrogen and oxygen atoms in total. The first-order valence-electron chi connectivity index (χ1n) is 7.37. The maximum absolute atomic E-state index is 5.17. The molecule has 0 saturated carbocycles. The Morgan fingerprint density at radius 1 is 1.32 bits per heavy atom. The molecule has 1 aromatic carbocycles. The van der Waals surface area contributed by atoms with Gasteiger partial charge in [-0.3, -0.25) is 0 Å². The van der Waals surface area contributed by atoms with Gasteiger partial charge in [-0.15, -0.1) is 0 Å². The minimum atomic E-state index is 0.553. The van der Waals surface area contributed by atoms with Crippen molar-refractivity contribution >= 4 is 0 Å². The third-order valence-electron chi connectivity index (χ3n) is 3.86. The van der Waals surface area contributed by atoms with Gasteiger partial charge in [0.1, 0.15) is 5.75 Å². The summed E-state index contributed by atoms with van der Waals surface area (Å²) in [6.45, 7) is 4.40. The van der Waals surface area contributed by atoms with Crippen molar-refractivity contribution in [3.8, 4) is 5.75 Å². The lowest BCUT2D eigenvalue weighted by molar-refractivity contribution is 0.344. The van der Waals surface area contributed by atoms with Gasteiger partial charge in [-0.1, -0.05) is 18.6 Å². The first-order chi connectivity index (χ1) is 9.28. The molecule has 1 saturated heterocycles. The average molecular weight is 262 g/mol. The van der Waals surface area contributed by atoms with Crippen LogP contribution >= 0.6 is 0 Å². The number of hydrogen-bond donors (Lipinski definition) is 2. The monoisotopic (exact) mass is 262 g/mol. The highest BCUT2D eigenvalue weighted by Crippen LogP contribution is 2.13. The van der Waals surface area contributed by atoms with Crippen LogP contribution in [-0.4, -0.2) is 25.7 Å². The Labute approximate surface area is 116 Å². The summed E-state index contributed by atoms with van der Waals surface area (Å²) in [5, 5.41) is 7.21. The van der Waals surface area contributed by atoms with E-state index < -0.39 is 0 Å². The van der Waals surface area contributed by atoms with Crippen LogP contribution in [0.3, 0.4) is 0 Å². The molecule has 1 fully saturated rings. The van der Waals surface area contributed by atoms with E-state index in [-0.39, 0.29) is 0 Å². The van der Waals surface area contributed by atoms with Crippen LogP contribution in [0.15, 0.2) is 24.3 Å². The van der Waals surface area contributed by atoms with Crippen molar-refractivity contribution in [1.29, 1.82) is 0 Å². The Morgan fingerprint density at radius 3 is 2.74 bits per heavy atom. The van der Waals surface area contributed by atoms with E-state index >= 15 is 0 Å². The smallest absolute Gasteiger partial charge is 0.118 e. The fourth-order valence-corrected chi connectivity index (χ4v) is 2.67. The second-order valence-corrected chi connectivity index (χ2v) is 5.51. The first kappa shape index (κ1) is 14.4. The van der Waals surface area contributed by atoms with E-state index in [0.29, 0.717) is 12.1 Å². The van der Waals surface area contributed by atoms with Gasteiger partial charge in [0.25, 0.3) is 0 Å². The highest BCUT2D eigenvalue weighted by Gasteiger charge is 2.15. The highest BCUT2D eigenvalue weighted by molar-refractivity contribution is 5.27. The molecule has 0 aromatic heterocycles. The van der Waals surface area contributed by atoms with Crippen LogP contribution in [0.1, 0.15) is 38.2 Å². The lowest BCUT2D eigenvalue weighted by Crippen LogP contribution is -2.39. The molecule has 0 spiro atoms. The zero-order valence-corrected chi connectivity index (χ0v) is 12.1. The van der Waals surface area contributed by atoms with Crippen LogP contribution in [0.4, 0.5) is 0 Å². The average Bonchev–Trinajstić information content (AvgIpc) is 2.47. The Hall–Kier alpha value is -1.06. The molecule has 0 bridgehead atoms. The molecule has 3 heteroatoms. The zero-order valence-electron chi connectivity index (χ0n) is 12.1. The van der Waals surface area contributed by atoms with Crippen LogP contribution in [-0.2, 0) is 6.54 Å². The fourth-order valence-electron chi connectivity index (χ4n) is 2.67. The van der Waals surface area contributed by atoms with Crippen molar-refractivity contribution in [2.24, 2.45) is 0 Å². The van der Waals surface area contributed by atoms with Crippen molar-refractivity contribution in [2.45, 2.75) is 51.2 Å². The predicted molar refractivity (Wildman–Crippen MR) is 79.6 cm³/mol. The van der Waals surface area contributed by atoms with E-state index in [2.05, 4.69) is 29.7 Å². The minimum absolute atomic E-state index is 0.553. The third kappa shape index (κ3) is 4.84. The summed E-state index contributed by atoms with van der Waals surface area (Å²) in [6, 6.07) is 9.54. The van der Waals surface area contributed by atoms with Crippen molar-refractivity contribution in [2.75, 3.05) is 13.7 Å². The molecule has 2 unspecified atom stereocenters. The number of methoxy groups -OCH3 is 1. The zero-order chi connectivity index (χ0) is 13.5. The highest BCUT2D eigenvalue weighted by atomic mass is 16.5. The van der Waals surface area contributed by atoms with Gasteiger partial charge in [-0.05, 0) is 50.4 Å². The van der Waals surface area contributed by atoms with Crippen LogP contribution < -0.4 is 15.4 Å². The van der Waals surface area contributed by atoms with Crippen molar-refractivity contribution in [3.05, 3.63) is 29.8 Å². The van der Waals surface area contributed by atoms with Crippen LogP contribution in [0.2, 0.25) is 0 Å². The second-order valence-electron chi connectivity index (χ2n) is 5.51. The lowest BCUT2D eigenvalue weighted by Gasteiger charge is -2.26. The maximum atomic E-state index is 5.17. The van der Waals surface area contributed by atoms with E-state index in [9.17, 15) is 0 Å². The standard InChI is InChI=1S/C16H26N2O/c1-13(11-15-5-3-4-10-17-15)18-12-14-6-8-16(19-2)9-7-14/h6-9,13,15,17-18H,3-5,10-12H2,1-2H3. The molecule has 0 amide bonds. The van der Waals surface area contributed by atoms with Gasteiger partial charge >= 0.3 is 0 Å². The van der Waals surface area contributed by atoms with Gasteiger partial charge in [0.2, 0.25) is 0 Å². The minimum Gasteiger partial charge on any atom is -0.497 e. The number of piperidine rings is 1. The molecule has 0 aliphatic carbocycles. The molecule has 2 N–H and O–H groups in total. The summed E-state index contributed by atoms with van der Waals surface area (Å²) in [5.74, 6) is 0.920. The van der Waals surface area contributed by atoms with E-state index in [4.69, 9.17) is 4.74 Å². The number of nitrogens with one attached hydrogen (secondary N) is 2. The second kappa shape index (κ2) is 7.51. The van der Waals surface area contributed by atoms with E-state index in [1.807, 2.05) is 12.1 Å². The largest absolute Gasteiger partial charge is 0.497 e. The topological polar surface area (TPSA) is 33.3 Å². The molecule has 1 aliphatic heterocycles. The molecular formula is C16H26N2O. The van der Waals surface area contributed by atoms with Crippen LogP contribution in [0.5, 0.6) is 5.75 Å². The molecule has 1 aliphatic rings. The summed E-state index contributed by atoms with van der Waals surface area (Å²) in [6.07, 6.45) is 5.26. The summed E-state index contributed by atoms with van der Waals surface area (Å²) >= 11 is 0. The summed E-state index contributed by atoms with van der Waals surface area (Å²) < 4.78 is 5.17. The van der Waals surface area contributed by atoms with Crippen LogP contribution in [0.25, 0.3) is 0 Å². The van der Waals surface area contributed by atoms with Gasteiger partial charge in [0, 0.05) is 18.6 Å². The molecule has 19 heavy (non-hydrogen) atoms. The number of benzene rings is 1. The van der Waals surface area contributed by atoms with Crippen molar-refractivity contribution < 1.29 is 4.74 Å². The molecule has 2 atom stereocenters. The quantitative estimate of drug-likeness (QED) is 0.827. The molecule has 1 aromatic rings.